The lowest BCUT2D eigenvalue weighted by Crippen LogP contribution is -2.31. The number of benzene rings is 1. The second-order valence-corrected chi connectivity index (χ2v) is 5.57. The summed E-state index contributed by atoms with van der Waals surface area (Å²) in [6.45, 7) is 3.23. The van der Waals surface area contributed by atoms with Gasteiger partial charge in [0.1, 0.15) is 6.04 Å². The van der Waals surface area contributed by atoms with Crippen LogP contribution in [0.3, 0.4) is 0 Å². The minimum absolute atomic E-state index is 0.257. The van der Waals surface area contributed by atoms with Crippen LogP contribution in [0.15, 0.2) is 30.3 Å². The van der Waals surface area contributed by atoms with Gasteiger partial charge in [0.15, 0.2) is 5.69 Å². The number of rotatable bonds is 4. The molecule has 2 aromatic rings. The molecule has 0 saturated carbocycles. The largest absolute Gasteiger partial charge is 0.435 e. The van der Waals surface area contributed by atoms with E-state index >= 15 is 0 Å². The predicted octanol–water partition coefficient (Wildman–Crippen LogP) is 3.74. The zero-order valence-electron chi connectivity index (χ0n) is 12.5. The van der Waals surface area contributed by atoms with Crippen molar-refractivity contribution in [3.63, 3.8) is 0 Å². The number of nitrogens with zero attached hydrogens (tertiary/aromatic N) is 2. The summed E-state index contributed by atoms with van der Waals surface area (Å²) in [5.74, 6) is -0.417. The third kappa shape index (κ3) is 4.25. The summed E-state index contributed by atoms with van der Waals surface area (Å²) >= 11 is 5.77. The number of carbonyl (C=O) groups is 1. The Morgan fingerprint density at radius 2 is 1.96 bits per heavy atom. The lowest BCUT2D eigenvalue weighted by molar-refractivity contribution is -0.142. The van der Waals surface area contributed by atoms with Gasteiger partial charge >= 0.3 is 6.18 Å². The number of aryl methyl sites for hydroxylation is 1. The number of alkyl halides is 3. The van der Waals surface area contributed by atoms with Gasteiger partial charge in [0.25, 0.3) is 0 Å². The van der Waals surface area contributed by atoms with E-state index in [0.29, 0.717) is 5.02 Å². The van der Waals surface area contributed by atoms with Crippen LogP contribution >= 0.6 is 11.6 Å². The number of hydrogen-bond donors (Lipinski definition) is 1. The SMILES string of the molecule is Cc1cc(C(F)(F)F)nn1[C@@H](C)C(=O)NCc1ccc(Cl)cc1. The van der Waals surface area contributed by atoms with E-state index < -0.39 is 23.8 Å². The van der Waals surface area contributed by atoms with Gasteiger partial charge in [-0.1, -0.05) is 23.7 Å². The van der Waals surface area contributed by atoms with Crippen molar-refractivity contribution < 1.29 is 18.0 Å². The maximum absolute atomic E-state index is 12.7. The molecular weight excluding hydrogens is 331 g/mol. The van der Waals surface area contributed by atoms with Crippen LogP contribution in [-0.2, 0) is 17.5 Å². The van der Waals surface area contributed by atoms with Gasteiger partial charge < -0.3 is 5.32 Å². The molecule has 0 aliphatic rings. The van der Waals surface area contributed by atoms with Crippen LogP contribution in [0.5, 0.6) is 0 Å². The van der Waals surface area contributed by atoms with Crippen molar-refractivity contribution in [3.8, 4) is 0 Å². The Bertz CT molecular complexity index is 695. The van der Waals surface area contributed by atoms with Crippen LogP contribution in [0.2, 0.25) is 5.02 Å². The zero-order valence-corrected chi connectivity index (χ0v) is 13.2. The average Bonchev–Trinajstić information content (AvgIpc) is 2.87. The molecule has 0 bridgehead atoms. The summed E-state index contributed by atoms with van der Waals surface area (Å²) < 4.78 is 39.1. The number of amides is 1. The minimum atomic E-state index is -4.53. The lowest BCUT2D eigenvalue weighted by atomic mass is 10.2. The maximum atomic E-state index is 12.7. The topological polar surface area (TPSA) is 46.9 Å². The van der Waals surface area contributed by atoms with Crippen molar-refractivity contribution >= 4 is 17.5 Å². The highest BCUT2D eigenvalue weighted by Crippen LogP contribution is 2.29. The molecule has 8 heteroatoms. The Labute approximate surface area is 136 Å². The molecule has 124 valence electrons. The van der Waals surface area contributed by atoms with E-state index in [9.17, 15) is 18.0 Å². The van der Waals surface area contributed by atoms with Gasteiger partial charge in [0.2, 0.25) is 5.91 Å². The maximum Gasteiger partial charge on any atom is 0.435 e. The lowest BCUT2D eigenvalue weighted by Gasteiger charge is -2.14. The number of hydrogen-bond acceptors (Lipinski definition) is 2. The van der Waals surface area contributed by atoms with E-state index in [1.807, 2.05) is 0 Å². The summed E-state index contributed by atoms with van der Waals surface area (Å²) in [6.07, 6.45) is -4.53. The molecule has 0 fully saturated rings. The number of nitrogens with one attached hydrogen (secondary N) is 1. The first-order valence-corrected chi connectivity index (χ1v) is 7.22. The van der Waals surface area contributed by atoms with Gasteiger partial charge in [-0.15, -0.1) is 0 Å². The highest BCUT2D eigenvalue weighted by atomic mass is 35.5. The Kier molecular flexibility index (Phi) is 4.99. The Hall–Kier alpha value is -2.02. The molecule has 0 radical (unpaired) electrons. The standard InChI is InChI=1S/C15H15ClF3N3O/c1-9-7-13(15(17,18)19)21-22(9)10(2)14(23)20-8-11-3-5-12(16)6-4-11/h3-7,10H,8H2,1-2H3,(H,20,23)/t10-/m0/s1. The van der Waals surface area contributed by atoms with Gasteiger partial charge in [-0.3, -0.25) is 9.48 Å². The molecule has 1 aromatic heterocycles. The summed E-state index contributed by atoms with van der Waals surface area (Å²) in [5.41, 5.74) is 0.0990. The summed E-state index contributed by atoms with van der Waals surface area (Å²) in [4.78, 5) is 12.1. The second kappa shape index (κ2) is 6.62. The van der Waals surface area contributed by atoms with Crippen molar-refractivity contribution in [3.05, 3.63) is 52.3 Å². The van der Waals surface area contributed by atoms with E-state index in [2.05, 4.69) is 10.4 Å². The molecule has 0 saturated heterocycles. The Morgan fingerprint density at radius 1 is 1.35 bits per heavy atom. The van der Waals surface area contributed by atoms with Crippen LogP contribution in [0.25, 0.3) is 0 Å². The molecule has 0 aliphatic heterocycles. The van der Waals surface area contributed by atoms with E-state index in [1.54, 1.807) is 24.3 Å². The van der Waals surface area contributed by atoms with Gasteiger partial charge in [0.05, 0.1) is 0 Å². The van der Waals surface area contributed by atoms with Crippen molar-refractivity contribution in [1.29, 1.82) is 0 Å². The summed E-state index contributed by atoms with van der Waals surface area (Å²) in [7, 11) is 0. The number of aromatic nitrogens is 2. The molecule has 1 aromatic carbocycles. The van der Waals surface area contributed by atoms with Crippen LogP contribution in [0, 0.1) is 6.92 Å². The van der Waals surface area contributed by atoms with Crippen molar-refractivity contribution in [2.45, 2.75) is 32.6 Å². The van der Waals surface area contributed by atoms with Gasteiger partial charge in [-0.05, 0) is 37.6 Å². The molecule has 23 heavy (non-hydrogen) atoms. The zero-order chi connectivity index (χ0) is 17.2. The predicted molar refractivity (Wildman–Crippen MR) is 80.0 cm³/mol. The molecule has 1 heterocycles. The third-order valence-electron chi connectivity index (χ3n) is 3.34. The van der Waals surface area contributed by atoms with Crippen molar-refractivity contribution in [2.24, 2.45) is 0 Å². The van der Waals surface area contributed by atoms with E-state index in [4.69, 9.17) is 11.6 Å². The molecule has 0 aliphatic carbocycles. The summed E-state index contributed by atoms with van der Waals surface area (Å²) in [5, 5.41) is 6.73. The summed E-state index contributed by atoms with van der Waals surface area (Å²) in [6, 6.07) is 6.98. The molecule has 0 spiro atoms. The van der Waals surface area contributed by atoms with E-state index in [0.717, 1.165) is 16.3 Å². The first-order chi connectivity index (χ1) is 10.7. The quantitative estimate of drug-likeness (QED) is 0.917. The molecule has 4 nitrogen and oxygen atoms in total. The van der Waals surface area contributed by atoms with Gasteiger partial charge in [-0.2, -0.15) is 18.3 Å². The van der Waals surface area contributed by atoms with E-state index in [-0.39, 0.29) is 12.2 Å². The van der Waals surface area contributed by atoms with Gasteiger partial charge in [-0.25, -0.2) is 0 Å². The molecule has 2 rings (SSSR count). The second-order valence-electron chi connectivity index (χ2n) is 5.13. The Balaban J connectivity index is 2.05. The Morgan fingerprint density at radius 3 is 2.48 bits per heavy atom. The normalized spacial score (nSPS) is 13.0. The molecule has 0 unspecified atom stereocenters. The van der Waals surface area contributed by atoms with Crippen LogP contribution < -0.4 is 5.32 Å². The number of halogens is 4. The third-order valence-corrected chi connectivity index (χ3v) is 3.59. The highest BCUT2D eigenvalue weighted by Gasteiger charge is 2.35. The van der Waals surface area contributed by atoms with Crippen LogP contribution in [0.1, 0.15) is 29.9 Å². The average molecular weight is 346 g/mol. The van der Waals surface area contributed by atoms with E-state index in [1.165, 1.54) is 13.8 Å². The first-order valence-electron chi connectivity index (χ1n) is 6.84. The van der Waals surface area contributed by atoms with Gasteiger partial charge in [0, 0.05) is 17.3 Å². The van der Waals surface area contributed by atoms with Crippen molar-refractivity contribution in [1.82, 2.24) is 15.1 Å². The minimum Gasteiger partial charge on any atom is -0.350 e. The highest BCUT2D eigenvalue weighted by molar-refractivity contribution is 6.30. The fourth-order valence-corrected chi connectivity index (χ4v) is 2.19. The fourth-order valence-electron chi connectivity index (χ4n) is 2.07. The number of carbonyl (C=O) groups excluding carboxylic acids is 1. The fraction of sp³-hybridized carbons (Fsp3) is 0.333. The molecule has 1 N–H and O–H groups in total. The molecule has 1 atom stereocenters. The molecule has 1 amide bonds. The smallest absolute Gasteiger partial charge is 0.350 e. The molecular formula is C15H15ClF3N3O. The van der Waals surface area contributed by atoms with Crippen LogP contribution in [0.4, 0.5) is 13.2 Å². The van der Waals surface area contributed by atoms with Crippen molar-refractivity contribution in [2.75, 3.05) is 0 Å². The van der Waals surface area contributed by atoms with Crippen LogP contribution in [-0.4, -0.2) is 15.7 Å². The monoisotopic (exact) mass is 345 g/mol. The first kappa shape index (κ1) is 17.3.